The van der Waals surface area contributed by atoms with Gasteiger partial charge in [-0.15, -0.1) is 0 Å². The average molecular weight is 376 g/mol. The van der Waals surface area contributed by atoms with E-state index < -0.39 is 17.5 Å². The van der Waals surface area contributed by atoms with Crippen LogP contribution in [0.15, 0.2) is 24.3 Å². The fraction of sp³-hybridized carbons (Fsp3) is 0.385. The SMILES string of the molecule is CC(C)(C)N(CC(=O)O)C(=O)Nc1ccccc1I. The summed E-state index contributed by atoms with van der Waals surface area (Å²) in [6.07, 6.45) is 0. The van der Waals surface area contributed by atoms with E-state index in [1.54, 1.807) is 26.8 Å². The van der Waals surface area contributed by atoms with Crippen LogP contribution < -0.4 is 5.32 Å². The third-order valence-electron chi connectivity index (χ3n) is 2.46. The summed E-state index contributed by atoms with van der Waals surface area (Å²) in [5, 5.41) is 11.6. The molecule has 2 amide bonds. The Morgan fingerprint density at radius 2 is 1.89 bits per heavy atom. The summed E-state index contributed by atoms with van der Waals surface area (Å²) >= 11 is 2.11. The third kappa shape index (κ3) is 4.70. The predicted molar refractivity (Wildman–Crippen MR) is 82.3 cm³/mol. The molecule has 0 unspecified atom stereocenters. The Hall–Kier alpha value is -1.31. The Labute approximate surface area is 126 Å². The maximum absolute atomic E-state index is 12.2. The van der Waals surface area contributed by atoms with Crippen molar-refractivity contribution in [3.05, 3.63) is 27.8 Å². The third-order valence-corrected chi connectivity index (χ3v) is 3.40. The molecule has 0 fully saturated rings. The van der Waals surface area contributed by atoms with Crippen molar-refractivity contribution in [3.8, 4) is 0 Å². The molecule has 1 aromatic carbocycles. The van der Waals surface area contributed by atoms with Crippen LogP contribution in [0.2, 0.25) is 0 Å². The number of anilines is 1. The van der Waals surface area contributed by atoms with Crippen molar-refractivity contribution in [2.45, 2.75) is 26.3 Å². The molecular formula is C13H17IN2O3. The molecule has 0 spiro atoms. The van der Waals surface area contributed by atoms with Crippen molar-refractivity contribution in [1.82, 2.24) is 4.90 Å². The molecule has 0 atom stereocenters. The maximum atomic E-state index is 12.2. The highest BCUT2D eigenvalue weighted by Crippen LogP contribution is 2.20. The zero-order chi connectivity index (χ0) is 14.6. The van der Waals surface area contributed by atoms with Crippen molar-refractivity contribution < 1.29 is 14.7 Å². The number of carboxylic acid groups (broad SMARTS) is 1. The second kappa shape index (κ2) is 6.23. The minimum Gasteiger partial charge on any atom is -0.480 e. The predicted octanol–water partition coefficient (Wildman–Crippen LogP) is 3.01. The smallest absolute Gasteiger partial charge is 0.323 e. The van der Waals surface area contributed by atoms with Gasteiger partial charge in [0, 0.05) is 9.11 Å². The molecule has 1 rings (SSSR count). The fourth-order valence-electron chi connectivity index (χ4n) is 1.49. The minimum absolute atomic E-state index is 0.335. The Morgan fingerprint density at radius 1 is 1.32 bits per heavy atom. The summed E-state index contributed by atoms with van der Waals surface area (Å²) in [6, 6.07) is 6.92. The van der Waals surface area contributed by atoms with Gasteiger partial charge < -0.3 is 15.3 Å². The number of nitrogens with one attached hydrogen (secondary N) is 1. The number of urea groups is 1. The van der Waals surface area contributed by atoms with Gasteiger partial charge >= 0.3 is 12.0 Å². The number of aliphatic carboxylic acids is 1. The molecule has 0 saturated carbocycles. The quantitative estimate of drug-likeness (QED) is 0.797. The van der Waals surface area contributed by atoms with Crippen LogP contribution in [-0.2, 0) is 4.79 Å². The molecule has 0 aliphatic carbocycles. The lowest BCUT2D eigenvalue weighted by Gasteiger charge is -2.34. The summed E-state index contributed by atoms with van der Waals surface area (Å²) in [7, 11) is 0. The number of carbonyl (C=O) groups excluding carboxylic acids is 1. The first-order chi connectivity index (χ1) is 8.71. The second-order valence-electron chi connectivity index (χ2n) is 5.06. The number of carboxylic acids is 1. The first kappa shape index (κ1) is 15.7. The number of nitrogens with zero attached hydrogens (tertiary/aromatic N) is 1. The van der Waals surface area contributed by atoms with Crippen LogP contribution in [0.3, 0.4) is 0 Å². The molecule has 0 aliphatic rings. The molecule has 104 valence electrons. The van der Waals surface area contributed by atoms with E-state index in [1.807, 2.05) is 18.2 Å². The van der Waals surface area contributed by atoms with Gasteiger partial charge in [-0.05, 0) is 55.5 Å². The highest BCUT2D eigenvalue weighted by Gasteiger charge is 2.28. The van der Waals surface area contributed by atoms with Gasteiger partial charge in [0.25, 0.3) is 0 Å². The summed E-state index contributed by atoms with van der Waals surface area (Å²) < 4.78 is 0.901. The number of amides is 2. The average Bonchev–Trinajstić information content (AvgIpc) is 2.27. The first-order valence-corrected chi connectivity index (χ1v) is 6.84. The van der Waals surface area contributed by atoms with Gasteiger partial charge in [0.2, 0.25) is 0 Å². The van der Waals surface area contributed by atoms with Crippen molar-refractivity contribution in [3.63, 3.8) is 0 Å². The largest absolute Gasteiger partial charge is 0.480 e. The summed E-state index contributed by atoms with van der Waals surface area (Å²) in [5.74, 6) is -1.03. The lowest BCUT2D eigenvalue weighted by molar-refractivity contribution is -0.138. The molecule has 0 saturated heterocycles. The molecule has 0 heterocycles. The lowest BCUT2D eigenvalue weighted by Crippen LogP contribution is -2.50. The number of benzene rings is 1. The van der Waals surface area contributed by atoms with Crippen LogP contribution in [0.5, 0.6) is 0 Å². The van der Waals surface area contributed by atoms with Gasteiger partial charge in [-0.1, -0.05) is 12.1 Å². The summed E-state index contributed by atoms with van der Waals surface area (Å²) in [4.78, 5) is 24.3. The Balaban J connectivity index is 2.89. The Bertz CT molecular complexity index is 483. The fourth-order valence-corrected chi connectivity index (χ4v) is 2.02. The zero-order valence-electron chi connectivity index (χ0n) is 11.1. The van der Waals surface area contributed by atoms with Crippen molar-refractivity contribution in [1.29, 1.82) is 0 Å². The van der Waals surface area contributed by atoms with E-state index in [0.29, 0.717) is 5.69 Å². The van der Waals surface area contributed by atoms with E-state index in [0.717, 1.165) is 3.57 Å². The highest BCUT2D eigenvalue weighted by atomic mass is 127. The summed E-state index contributed by atoms with van der Waals surface area (Å²) in [6.45, 7) is 5.06. The molecule has 19 heavy (non-hydrogen) atoms. The van der Waals surface area contributed by atoms with Crippen LogP contribution in [-0.4, -0.2) is 34.1 Å². The van der Waals surface area contributed by atoms with E-state index in [2.05, 4.69) is 27.9 Å². The van der Waals surface area contributed by atoms with Crippen LogP contribution >= 0.6 is 22.6 Å². The van der Waals surface area contributed by atoms with Crippen molar-refractivity contribution >= 4 is 40.3 Å². The number of hydrogen-bond acceptors (Lipinski definition) is 2. The van der Waals surface area contributed by atoms with Gasteiger partial charge in [0.1, 0.15) is 6.54 Å². The molecule has 6 heteroatoms. The van der Waals surface area contributed by atoms with Crippen LogP contribution in [0.4, 0.5) is 10.5 Å². The van der Waals surface area contributed by atoms with E-state index in [4.69, 9.17) is 5.11 Å². The molecule has 5 nitrogen and oxygen atoms in total. The molecule has 2 N–H and O–H groups in total. The van der Waals surface area contributed by atoms with Crippen LogP contribution in [0, 0.1) is 3.57 Å². The number of halogens is 1. The van der Waals surface area contributed by atoms with Gasteiger partial charge in [0.05, 0.1) is 5.69 Å². The molecule has 0 radical (unpaired) electrons. The number of carbonyl (C=O) groups is 2. The molecule has 0 bridgehead atoms. The van der Waals surface area contributed by atoms with Gasteiger partial charge in [0.15, 0.2) is 0 Å². The summed E-state index contributed by atoms with van der Waals surface area (Å²) in [5.41, 5.74) is 0.107. The van der Waals surface area contributed by atoms with Crippen molar-refractivity contribution in [2.75, 3.05) is 11.9 Å². The topological polar surface area (TPSA) is 69.6 Å². The van der Waals surface area contributed by atoms with E-state index in [-0.39, 0.29) is 6.54 Å². The minimum atomic E-state index is -1.03. The van der Waals surface area contributed by atoms with E-state index in [9.17, 15) is 9.59 Å². The highest BCUT2D eigenvalue weighted by molar-refractivity contribution is 14.1. The number of para-hydroxylation sites is 1. The van der Waals surface area contributed by atoms with Crippen LogP contribution in [0.25, 0.3) is 0 Å². The van der Waals surface area contributed by atoms with E-state index in [1.165, 1.54) is 4.90 Å². The molecule has 0 aromatic heterocycles. The zero-order valence-corrected chi connectivity index (χ0v) is 13.3. The monoisotopic (exact) mass is 376 g/mol. The van der Waals surface area contributed by atoms with Gasteiger partial charge in [-0.2, -0.15) is 0 Å². The standard InChI is InChI=1S/C13H17IN2O3/c1-13(2,3)16(8-11(17)18)12(19)15-10-7-5-4-6-9(10)14/h4-7H,8H2,1-3H3,(H,15,19)(H,17,18). The Kier molecular flexibility index (Phi) is 5.16. The second-order valence-corrected chi connectivity index (χ2v) is 6.22. The normalized spacial score (nSPS) is 10.9. The Morgan fingerprint density at radius 3 is 2.37 bits per heavy atom. The lowest BCUT2D eigenvalue weighted by atomic mass is 10.1. The molecular weight excluding hydrogens is 359 g/mol. The number of rotatable bonds is 3. The molecule has 1 aromatic rings. The van der Waals surface area contributed by atoms with Crippen LogP contribution in [0.1, 0.15) is 20.8 Å². The van der Waals surface area contributed by atoms with Gasteiger partial charge in [-0.3, -0.25) is 4.79 Å². The first-order valence-electron chi connectivity index (χ1n) is 5.77. The van der Waals surface area contributed by atoms with E-state index >= 15 is 0 Å². The van der Waals surface area contributed by atoms with Gasteiger partial charge in [-0.25, -0.2) is 4.79 Å². The maximum Gasteiger partial charge on any atom is 0.323 e. The molecule has 0 aliphatic heterocycles. The number of hydrogen-bond donors (Lipinski definition) is 2. The van der Waals surface area contributed by atoms with Crippen molar-refractivity contribution in [2.24, 2.45) is 0 Å².